The number of carboxylic acids is 1. The minimum absolute atomic E-state index is 0. The molecular weight excluding hydrogens is 366 g/mol. The molecule has 0 radical (unpaired) electrons. The van der Waals surface area contributed by atoms with E-state index < -0.39 is 5.97 Å². The SMILES string of the molecule is CN(CC(=O)O)C1CCCN(CC(=O)Nc2ccc3c(c2)CCC3)CC1.Cl. The fraction of sp³-hybridized carbons (Fsp3) is 0.600. The maximum atomic E-state index is 12.4. The Morgan fingerprint density at radius 1 is 1.19 bits per heavy atom. The van der Waals surface area contributed by atoms with Gasteiger partial charge in [0.25, 0.3) is 0 Å². The molecule has 0 bridgehead atoms. The second kappa shape index (κ2) is 10.1. The molecule has 1 unspecified atom stereocenters. The normalized spacial score (nSPS) is 19.9. The number of hydrogen-bond donors (Lipinski definition) is 2. The van der Waals surface area contributed by atoms with E-state index in [1.807, 2.05) is 18.0 Å². The highest BCUT2D eigenvalue weighted by atomic mass is 35.5. The van der Waals surface area contributed by atoms with Crippen LogP contribution in [0.15, 0.2) is 18.2 Å². The van der Waals surface area contributed by atoms with Gasteiger partial charge in [0.1, 0.15) is 0 Å². The molecule has 1 saturated heterocycles. The molecular formula is C20H30ClN3O3. The van der Waals surface area contributed by atoms with Crippen molar-refractivity contribution in [3.8, 4) is 0 Å². The summed E-state index contributed by atoms with van der Waals surface area (Å²) < 4.78 is 0. The summed E-state index contributed by atoms with van der Waals surface area (Å²) >= 11 is 0. The number of nitrogens with one attached hydrogen (secondary N) is 1. The topological polar surface area (TPSA) is 72.9 Å². The van der Waals surface area contributed by atoms with Crippen LogP contribution in [0.3, 0.4) is 0 Å². The molecule has 2 N–H and O–H groups in total. The standard InChI is InChI=1S/C20H29N3O3.ClH/c1-22(14-20(25)26)18-6-3-10-23(11-9-18)13-19(24)21-17-8-7-15-4-2-5-16(15)12-17;/h7-8,12,18H,2-6,9-11,13-14H2,1H3,(H,21,24)(H,25,26);1H. The average molecular weight is 396 g/mol. The molecule has 2 aliphatic rings. The van der Waals surface area contributed by atoms with Gasteiger partial charge in [0.15, 0.2) is 0 Å². The Morgan fingerprint density at radius 2 is 1.96 bits per heavy atom. The summed E-state index contributed by atoms with van der Waals surface area (Å²) in [6.07, 6.45) is 6.33. The van der Waals surface area contributed by atoms with E-state index in [0.717, 1.165) is 50.9 Å². The predicted molar refractivity (Wildman–Crippen MR) is 109 cm³/mol. The molecule has 150 valence electrons. The van der Waals surface area contributed by atoms with E-state index in [1.165, 1.54) is 17.5 Å². The number of aliphatic carboxylic acids is 1. The smallest absolute Gasteiger partial charge is 0.317 e. The van der Waals surface area contributed by atoms with Gasteiger partial charge in [0.05, 0.1) is 13.1 Å². The van der Waals surface area contributed by atoms with Crippen molar-refractivity contribution in [1.29, 1.82) is 0 Å². The lowest BCUT2D eigenvalue weighted by molar-refractivity contribution is -0.138. The fourth-order valence-corrected chi connectivity index (χ4v) is 4.13. The molecule has 6 nitrogen and oxygen atoms in total. The second-order valence-corrected chi connectivity index (χ2v) is 7.55. The number of halogens is 1. The number of fused-ring (bicyclic) bond motifs is 1. The van der Waals surface area contributed by atoms with Crippen LogP contribution < -0.4 is 5.32 Å². The van der Waals surface area contributed by atoms with Crippen molar-refractivity contribution >= 4 is 30.0 Å². The highest BCUT2D eigenvalue weighted by molar-refractivity contribution is 5.92. The van der Waals surface area contributed by atoms with Gasteiger partial charge in [-0.2, -0.15) is 0 Å². The number of likely N-dealkylation sites (tertiary alicyclic amines) is 1. The van der Waals surface area contributed by atoms with E-state index in [-0.39, 0.29) is 30.9 Å². The van der Waals surface area contributed by atoms with E-state index in [1.54, 1.807) is 0 Å². The van der Waals surface area contributed by atoms with Gasteiger partial charge in [-0.05, 0) is 75.4 Å². The Bertz CT molecular complexity index is 668. The summed E-state index contributed by atoms with van der Waals surface area (Å²) in [7, 11) is 1.87. The third-order valence-electron chi connectivity index (χ3n) is 5.55. The zero-order valence-electron chi connectivity index (χ0n) is 15.9. The molecule has 27 heavy (non-hydrogen) atoms. The Balaban J connectivity index is 0.00000261. The van der Waals surface area contributed by atoms with Gasteiger partial charge in [-0.25, -0.2) is 0 Å². The number of carbonyl (C=O) groups is 2. The van der Waals surface area contributed by atoms with Crippen LogP contribution in [0.2, 0.25) is 0 Å². The number of hydrogen-bond acceptors (Lipinski definition) is 4. The van der Waals surface area contributed by atoms with Crippen LogP contribution in [0.1, 0.15) is 36.8 Å². The number of carbonyl (C=O) groups excluding carboxylic acids is 1. The zero-order chi connectivity index (χ0) is 18.5. The monoisotopic (exact) mass is 395 g/mol. The van der Waals surface area contributed by atoms with Crippen molar-refractivity contribution in [3.63, 3.8) is 0 Å². The van der Waals surface area contributed by atoms with Crippen molar-refractivity contribution in [1.82, 2.24) is 9.80 Å². The number of aryl methyl sites for hydroxylation is 2. The van der Waals surface area contributed by atoms with Gasteiger partial charge in [0, 0.05) is 18.3 Å². The van der Waals surface area contributed by atoms with Crippen LogP contribution >= 0.6 is 12.4 Å². The summed E-state index contributed by atoms with van der Waals surface area (Å²) in [5.74, 6) is -0.761. The van der Waals surface area contributed by atoms with E-state index in [2.05, 4.69) is 22.3 Å². The first-order valence-corrected chi connectivity index (χ1v) is 9.57. The molecule has 0 aromatic heterocycles. The van der Waals surface area contributed by atoms with Gasteiger partial charge in [0.2, 0.25) is 5.91 Å². The molecule has 1 aromatic carbocycles. The molecule has 0 spiro atoms. The Kier molecular flexibility index (Phi) is 8.07. The maximum Gasteiger partial charge on any atom is 0.317 e. The third-order valence-corrected chi connectivity index (χ3v) is 5.55. The molecule has 3 rings (SSSR count). The van der Waals surface area contributed by atoms with Gasteiger partial charge >= 0.3 is 5.97 Å². The highest BCUT2D eigenvalue weighted by Gasteiger charge is 2.22. The minimum atomic E-state index is -0.790. The fourth-order valence-electron chi connectivity index (χ4n) is 4.13. The van der Waals surface area contributed by atoms with Crippen LogP contribution in [0, 0.1) is 0 Å². The van der Waals surface area contributed by atoms with E-state index >= 15 is 0 Å². The van der Waals surface area contributed by atoms with Crippen LogP contribution in [-0.4, -0.2) is 66.1 Å². The van der Waals surface area contributed by atoms with E-state index in [4.69, 9.17) is 5.11 Å². The number of rotatable bonds is 6. The molecule has 1 fully saturated rings. The summed E-state index contributed by atoms with van der Waals surface area (Å²) in [4.78, 5) is 27.4. The quantitative estimate of drug-likeness (QED) is 0.773. The van der Waals surface area contributed by atoms with E-state index in [0.29, 0.717) is 6.54 Å². The van der Waals surface area contributed by atoms with Crippen LogP contribution in [0.4, 0.5) is 5.69 Å². The lowest BCUT2D eigenvalue weighted by Crippen LogP contribution is -2.37. The van der Waals surface area contributed by atoms with Crippen molar-refractivity contribution in [3.05, 3.63) is 29.3 Å². The maximum absolute atomic E-state index is 12.4. The molecule has 1 aliphatic carbocycles. The third kappa shape index (κ3) is 6.19. The highest BCUT2D eigenvalue weighted by Crippen LogP contribution is 2.25. The number of carboxylic acid groups (broad SMARTS) is 1. The van der Waals surface area contributed by atoms with Gasteiger partial charge in [-0.1, -0.05) is 6.07 Å². The van der Waals surface area contributed by atoms with Crippen LogP contribution in [0.5, 0.6) is 0 Å². The Labute approximate surface area is 167 Å². The molecule has 1 heterocycles. The Hall–Kier alpha value is -1.63. The van der Waals surface area contributed by atoms with Crippen molar-refractivity contribution in [2.24, 2.45) is 0 Å². The van der Waals surface area contributed by atoms with Crippen molar-refractivity contribution < 1.29 is 14.7 Å². The van der Waals surface area contributed by atoms with Crippen LogP contribution in [0.25, 0.3) is 0 Å². The number of anilines is 1. The molecule has 1 atom stereocenters. The lowest BCUT2D eigenvalue weighted by atomic mass is 10.1. The molecule has 0 saturated carbocycles. The number of benzene rings is 1. The average Bonchev–Trinajstić information content (AvgIpc) is 2.92. The van der Waals surface area contributed by atoms with Gasteiger partial charge in [-0.15, -0.1) is 12.4 Å². The van der Waals surface area contributed by atoms with Crippen molar-refractivity contribution in [2.75, 3.05) is 38.5 Å². The summed E-state index contributed by atoms with van der Waals surface area (Å²) in [6, 6.07) is 6.52. The minimum Gasteiger partial charge on any atom is -0.480 e. The predicted octanol–water partition coefficient (Wildman–Crippen LogP) is 2.41. The van der Waals surface area contributed by atoms with Crippen molar-refractivity contribution in [2.45, 2.75) is 44.6 Å². The van der Waals surface area contributed by atoms with Crippen LogP contribution in [-0.2, 0) is 22.4 Å². The molecule has 1 aromatic rings. The zero-order valence-corrected chi connectivity index (χ0v) is 16.8. The second-order valence-electron chi connectivity index (χ2n) is 7.55. The Morgan fingerprint density at radius 3 is 2.74 bits per heavy atom. The first kappa shape index (κ1) is 21.7. The number of amides is 1. The number of likely N-dealkylation sites (N-methyl/N-ethyl adjacent to an activating group) is 1. The largest absolute Gasteiger partial charge is 0.480 e. The molecule has 7 heteroatoms. The lowest BCUT2D eigenvalue weighted by Gasteiger charge is -2.25. The van der Waals surface area contributed by atoms with Gasteiger partial charge in [-0.3, -0.25) is 19.4 Å². The van der Waals surface area contributed by atoms with Gasteiger partial charge < -0.3 is 10.4 Å². The summed E-state index contributed by atoms with van der Waals surface area (Å²) in [5.41, 5.74) is 3.67. The summed E-state index contributed by atoms with van der Waals surface area (Å²) in [5, 5.41) is 12.0. The molecule has 1 amide bonds. The summed E-state index contributed by atoms with van der Waals surface area (Å²) in [6.45, 7) is 2.18. The molecule has 1 aliphatic heterocycles. The first-order valence-electron chi connectivity index (χ1n) is 9.57. The first-order chi connectivity index (χ1) is 12.5. The number of nitrogens with zero attached hydrogens (tertiary/aromatic N) is 2. The van der Waals surface area contributed by atoms with E-state index in [9.17, 15) is 9.59 Å².